The molecule has 33 heavy (non-hydrogen) atoms. The summed E-state index contributed by atoms with van der Waals surface area (Å²) < 4.78 is 5.96. The minimum Gasteiger partial charge on any atom is -0.368 e. The van der Waals surface area contributed by atoms with Crippen molar-refractivity contribution in [2.75, 3.05) is 19.7 Å². The molecule has 0 aliphatic carbocycles. The highest BCUT2D eigenvalue weighted by Gasteiger charge is 2.36. The van der Waals surface area contributed by atoms with Crippen LogP contribution in [0.5, 0.6) is 0 Å². The molecule has 4 rings (SSSR count). The number of amides is 2. The number of benzene rings is 2. The van der Waals surface area contributed by atoms with E-state index < -0.39 is 11.3 Å². The molecular formula is C27H29N3O3. The summed E-state index contributed by atoms with van der Waals surface area (Å²) in [5.41, 5.74) is 9.91. The summed E-state index contributed by atoms with van der Waals surface area (Å²) >= 11 is 0. The number of hydrogen-bond acceptors (Lipinski definition) is 4. The van der Waals surface area contributed by atoms with Crippen molar-refractivity contribution in [3.8, 4) is 11.1 Å². The molecule has 0 bridgehead atoms. The number of aromatic nitrogens is 1. The van der Waals surface area contributed by atoms with Gasteiger partial charge in [-0.05, 0) is 50.1 Å². The van der Waals surface area contributed by atoms with E-state index in [0.717, 1.165) is 22.4 Å². The molecule has 3 aromatic rings. The molecule has 1 aromatic heterocycles. The molecule has 1 saturated heterocycles. The van der Waals surface area contributed by atoms with Crippen LogP contribution in [0.15, 0.2) is 66.9 Å². The number of carbonyl (C=O) groups is 2. The van der Waals surface area contributed by atoms with Crippen molar-refractivity contribution in [1.82, 2.24) is 9.88 Å². The van der Waals surface area contributed by atoms with Gasteiger partial charge in [0.05, 0.1) is 24.3 Å². The van der Waals surface area contributed by atoms with Gasteiger partial charge < -0.3 is 15.4 Å². The Morgan fingerprint density at radius 3 is 2.48 bits per heavy atom. The highest BCUT2D eigenvalue weighted by molar-refractivity contribution is 5.94. The number of morpholine rings is 1. The van der Waals surface area contributed by atoms with Gasteiger partial charge >= 0.3 is 0 Å². The fraction of sp³-hybridized carbons (Fsp3) is 0.296. The summed E-state index contributed by atoms with van der Waals surface area (Å²) in [5.74, 6) is -0.380. The molecule has 2 heterocycles. The quantitative estimate of drug-likeness (QED) is 0.645. The average molecular weight is 444 g/mol. The number of pyridine rings is 1. The van der Waals surface area contributed by atoms with Crippen molar-refractivity contribution in [2.24, 2.45) is 5.73 Å². The lowest BCUT2D eigenvalue weighted by atomic mass is 9.82. The van der Waals surface area contributed by atoms with Crippen molar-refractivity contribution >= 4 is 11.8 Å². The van der Waals surface area contributed by atoms with E-state index in [2.05, 4.69) is 4.98 Å². The number of ether oxygens (including phenoxy) is 1. The minimum atomic E-state index is -0.627. The van der Waals surface area contributed by atoms with Gasteiger partial charge in [-0.3, -0.25) is 14.6 Å². The Balaban J connectivity index is 1.49. The van der Waals surface area contributed by atoms with E-state index in [1.54, 1.807) is 24.4 Å². The van der Waals surface area contributed by atoms with Crippen molar-refractivity contribution in [3.05, 3.63) is 89.2 Å². The molecule has 6 nitrogen and oxygen atoms in total. The lowest BCUT2D eigenvalue weighted by Crippen LogP contribution is -2.49. The smallest absolute Gasteiger partial charge is 0.248 e. The maximum Gasteiger partial charge on any atom is 0.248 e. The normalized spacial score (nSPS) is 16.5. The summed E-state index contributed by atoms with van der Waals surface area (Å²) in [6, 6.07) is 19.1. The summed E-state index contributed by atoms with van der Waals surface area (Å²) in [4.78, 5) is 31.4. The van der Waals surface area contributed by atoms with Crippen LogP contribution in [0.3, 0.4) is 0 Å². The van der Waals surface area contributed by atoms with Crippen molar-refractivity contribution in [2.45, 2.75) is 32.3 Å². The third kappa shape index (κ3) is 4.81. The first-order valence-electron chi connectivity index (χ1n) is 11.1. The van der Waals surface area contributed by atoms with Crippen LogP contribution in [0.1, 0.15) is 47.1 Å². The van der Waals surface area contributed by atoms with Gasteiger partial charge in [0.1, 0.15) is 6.10 Å². The van der Waals surface area contributed by atoms with Crippen LogP contribution < -0.4 is 5.73 Å². The van der Waals surface area contributed by atoms with Gasteiger partial charge in [-0.25, -0.2) is 0 Å². The van der Waals surface area contributed by atoms with E-state index in [1.807, 2.05) is 68.1 Å². The van der Waals surface area contributed by atoms with Gasteiger partial charge in [0, 0.05) is 23.9 Å². The molecule has 170 valence electrons. The minimum absolute atomic E-state index is 0.0829. The summed E-state index contributed by atoms with van der Waals surface area (Å²) in [7, 11) is 0. The number of carbonyl (C=O) groups excluding carboxylic acids is 2. The second-order valence-corrected chi connectivity index (χ2v) is 9.02. The highest BCUT2D eigenvalue weighted by Crippen LogP contribution is 2.30. The fourth-order valence-electron chi connectivity index (χ4n) is 4.12. The summed E-state index contributed by atoms with van der Waals surface area (Å²) in [5, 5.41) is 0. The van der Waals surface area contributed by atoms with Crippen LogP contribution in [0.2, 0.25) is 0 Å². The zero-order chi connectivity index (χ0) is 23.6. The average Bonchev–Trinajstić information content (AvgIpc) is 2.84. The number of nitrogens with two attached hydrogens (primary N) is 1. The Hall–Kier alpha value is -3.51. The molecule has 2 amide bonds. The number of aryl methyl sites for hydroxylation is 1. The second-order valence-electron chi connectivity index (χ2n) is 9.02. The van der Waals surface area contributed by atoms with Crippen molar-refractivity contribution < 1.29 is 14.3 Å². The van der Waals surface area contributed by atoms with E-state index in [1.165, 1.54) is 5.56 Å². The maximum absolute atomic E-state index is 13.4. The van der Waals surface area contributed by atoms with Crippen LogP contribution >= 0.6 is 0 Å². The van der Waals surface area contributed by atoms with Crippen LogP contribution in [0.4, 0.5) is 0 Å². The lowest BCUT2D eigenvalue weighted by molar-refractivity contribution is -0.144. The Morgan fingerprint density at radius 2 is 1.82 bits per heavy atom. The van der Waals surface area contributed by atoms with Crippen molar-refractivity contribution in [3.63, 3.8) is 0 Å². The first kappa shape index (κ1) is 22.7. The summed E-state index contributed by atoms with van der Waals surface area (Å²) in [6.07, 6.45) is 1.47. The van der Waals surface area contributed by atoms with Gasteiger partial charge in [0.25, 0.3) is 0 Å². The van der Waals surface area contributed by atoms with Gasteiger partial charge in [0.15, 0.2) is 0 Å². The highest BCUT2D eigenvalue weighted by atomic mass is 16.5. The van der Waals surface area contributed by atoms with Crippen LogP contribution in [0, 0.1) is 6.92 Å². The molecule has 1 aliphatic rings. The maximum atomic E-state index is 13.4. The Bertz CT molecular complexity index is 1150. The van der Waals surface area contributed by atoms with Crippen molar-refractivity contribution in [1.29, 1.82) is 0 Å². The molecule has 1 aliphatic heterocycles. The molecule has 2 N–H and O–H groups in total. The molecule has 6 heteroatoms. The predicted molar refractivity (Wildman–Crippen MR) is 128 cm³/mol. The van der Waals surface area contributed by atoms with Gasteiger partial charge in [-0.15, -0.1) is 0 Å². The van der Waals surface area contributed by atoms with Gasteiger partial charge in [-0.2, -0.15) is 0 Å². The first-order chi connectivity index (χ1) is 15.8. The molecule has 1 atom stereocenters. The second kappa shape index (κ2) is 9.16. The standard InChI is InChI=1S/C27H29N3O3/c1-18-7-10-22(11-8-18)27(2,3)26(32)30-13-14-33-24(17-30)23-12-9-21(16-29-23)19-5-4-6-20(15-19)25(28)31/h4-12,15-16,24H,13-14,17H2,1-3H3,(H2,28,31). The van der Waals surface area contributed by atoms with E-state index >= 15 is 0 Å². The molecule has 1 unspecified atom stereocenters. The topological polar surface area (TPSA) is 85.5 Å². The molecule has 2 aromatic carbocycles. The third-order valence-electron chi connectivity index (χ3n) is 6.26. The zero-order valence-corrected chi connectivity index (χ0v) is 19.2. The molecule has 0 radical (unpaired) electrons. The Morgan fingerprint density at radius 1 is 1.06 bits per heavy atom. The number of nitrogens with zero attached hydrogens (tertiary/aromatic N) is 2. The number of primary amides is 1. The van der Waals surface area contributed by atoms with E-state index in [4.69, 9.17) is 10.5 Å². The van der Waals surface area contributed by atoms with Crippen LogP contribution in [-0.4, -0.2) is 41.4 Å². The molecule has 0 spiro atoms. The third-order valence-corrected chi connectivity index (χ3v) is 6.26. The fourth-order valence-corrected chi connectivity index (χ4v) is 4.12. The van der Waals surface area contributed by atoms with Crippen LogP contribution in [0.25, 0.3) is 11.1 Å². The predicted octanol–water partition coefficient (Wildman–Crippen LogP) is 4.03. The first-order valence-corrected chi connectivity index (χ1v) is 11.1. The molecular weight excluding hydrogens is 414 g/mol. The van der Waals surface area contributed by atoms with E-state index in [0.29, 0.717) is 25.3 Å². The zero-order valence-electron chi connectivity index (χ0n) is 19.2. The SMILES string of the molecule is Cc1ccc(C(C)(C)C(=O)N2CCOC(c3ccc(-c4cccc(C(N)=O)c4)cn3)C2)cc1. The molecule has 0 saturated carbocycles. The largest absolute Gasteiger partial charge is 0.368 e. The van der Waals surface area contributed by atoms with E-state index in [9.17, 15) is 9.59 Å². The van der Waals surface area contributed by atoms with E-state index in [-0.39, 0.29) is 12.0 Å². The monoisotopic (exact) mass is 443 g/mol. The Labute approximate surface area is 194 Å². The summed E-state index contributed by atoms with van der Waals surface area (Å²) in [6.45, 7) is 7.46. The number of rotatable bonds is 5. The van der Waals surface area contributed by atoms with Crippen LogP contribution in [-0.2, 0) is 14.9 Å². The Kier molecular flexibility index (Phi) is 6.29. The number of hydrogen-bond donors (Lipinski definition) is 1. The van der Waals surface area contributed by atoms with Gasteiger partial charge in [0.2, 0.25) is 11.8 Å². The lowest BCUT2D eigenvalue weighted by Gasteiger charge is -2.37. The molecule has 1 fully saturated rings. The van der Waals surface area contributed by atoms with Gasteiger partial charge in [-0.1, -0.05) is 48.0 Å².